The van der Waals surface area contributed by atoms with Crippen LogP contribution < -0.4 is 5.32 Å². The van der Waals surface area contributed by atoms with Crippen molar-refractivity contribution in [2.75, 3.05) is 13.1 Å². The number of hydrogen-bond acceptors (Lipinski definition) is 2. The Balaban J connectivity index is 1.46. The first kappa shape index (κ1) is 20.3. The lowest BCUT2D eigenvalue weighted by atomic mass is 9.52. The second kappa shape index (κ2) is 8.02. The molecule has 0 heterocycles. The molecule has 4 nitrogen and oxygen atoms in total. The Morgan fingerprint density at radius 3 is 2.41 bits per heavy atom. The first-order chi connectivity index (χ1) is 13.9. The fourth-order valence-electron chi connectivity index (χ4n) is 6.57. The van der Waals surface area contributed by atoms with E-state index in [1.54, 1.807) is 0 Å². The molecule has 4 fully saturated rings. The Hall–Kier alpha value is -2.00. The number of benzene rings is 1. The molecule has 4 bridgehead atoms. The predicted octanol–water partition coefficient (Wildman–Crippen LogP) is 3.30. The molecule has 0 aliphatic heterocycles. The molecule has 0 unspecified atom stereocenters. The van der Waals surface area contributed by atoms with Crippen molar-refractivity contribution in [2.45, 2.75) is 63.5 Å². The lowest BCUT2D eigenvalue weighted by molar-refractivity contribution is -0.683. The van der Waals surface area contributed by atoms with Crippen molar-refractivity contribution in [2.24, 2.45) is 17.8 Å². The van der Waals surface area contributed by atoms with Crippen molar-refractivity contribution >= 4 is 5.91 Å². The van der Waals surface area contributed by atoms with Crippen molar-refractivity contribution < 1.29 is 18.9 Å². The lowest BCUT2D eigenvalue weighted by Crippen LogP contribution is -2.87. The average Bonchev–Trinajstić information content (AvgIpc) is 2.65. The highest BCUT2D eigenvalue weighted by molar-refractivity contribution is 5.78. The number of carbonyl (C=O) groups is 1. The molecule has 5 rings (SSSR count). The highest BCUT2D eigenvalue weighted by Gasteiger charge is 2.54. The third-order valence-corrected chi connectivity index (χ3v) is 7.43. The fourth-order valence-corrected chi connectivity index (χ4v) is 6.57. The Morgan fingerprint density at radius 1 is 1.24 bits per heavy atom. The van der Waals surface area contributed by atoms with Gasteiger partial charge in [-0.15, -0.1) is 0 Å². The van der Waals surface area contributed by atoms with Crippen LogP contribution in [0, 0.1) is 40.7 Å². The smallest absolute Gasteiger partial charge is 0.278 e. The summed E-state index contributed by atoms with van der Waals surface area (Å²) >= 11 is 0. The predicted molar refractivity (Wildman–Crippen MR) is 104 cm³/mol. The van der Waals surface area contributed by atoms with Crippen LogP contribution in [0.25, 0.3) is 0 Å². The van der Waals surface area contributed by atoms with E-state index in [0.29, 0.717) is 18.5 Å². The van der Waals surface area contributed by atoms with E-state index in [2.05, 4.69) is 6.07 Å². The summed E-state index contributed by atoms with van der Waals surface area (Å²) in [7, 11) is 0. The zero-order valence-corrected chi connectivity index (χ0v) is 17.0. The van der Waals surface area contributed by atoms with Crippen molar-refractivity contribution in [3.63, 3.8) is 0 Å². The van der Waals surface area contributed by atoms with Crippen molar-refractivity contribution in [1.29, 1.82) is 5.26 Å². The van der Waals surface area contributed by atoms with E-state index in [1.807, 2.05) is 17.1 Å². The summed E-state index contributed by atoms with van der Waals surface area (Å²) in [4.78, 5) is 15.3. The standard InChI is InChI=1S/C23H29F2N3O/c1-15(20-4-3-19(24)10-21(20)25)27-14-22(29)28(6-2-5-26)23-11-16-7-17(12-23)9-18(8-16)13-23/h3-4,10,15-18,27H,2,6-9,11-14H2,1H3/p+1/t15-,16?,17?,18?,23?/m1/s1. The maximum Gasteiger partial charge on any atom is 0.278 e. The Labute approximate surface area is 171 Å². The minimum absolute atomic E-state index is 0.0385. The summed E-state index contributed by atoms with van der Waals surface area (Å²) in [5, 5.41) is 10.9. The number of halogens is 2. The number of rotatable bonds is 7. The maximum absolute atomic E-state index is 14.1. The van der Waals surface area contributed by atoms with Gasteiger partial charge >= 0.3 is 0 Å². The third kappa shape index (κ3) is 4.02. The first-order valence-electron chi connectivity index (χ1n) is 10.9. The summed E-state index contributed by atoms with van der Waals surface area (Å²) < 4.78 is 27.2. The molecule has 4 aliphatic carbocycles. The molecule has 1 aromatic rings. The minimum Gasteiger partial charge on any atom is -0.332 e. The number of quaternary nitrogens is 1. The Morgan fingerprint density at radius 2 is 1.86 bits per heavy atom. The maximum atomic E-state index is 14.1. The molecule has 0 radical (unpaired) electrons. The highest BCUT2D eigenvalue weighted by atomic mass is 19.1. The number of nitrogens with zero attached hydrogens (tertiary/aromatic N) is 2. The lowest BCUT2D eigenvalue weighted by Gasteiger charge is -2.60. The van der Waals surface area contributed by atoms with Gasteiger partial charge in [-0.3, -0.25) is 4.79 Å². The van der Waals surface area contributed by atoms with Crippen molar-refractivity contribution in [3.05, 3.63) is 35.4 Å². The van der Waals surface area contributed by atoms with E-state index in [9.17, 15) is 13.6 Å². The summed E-state index contributed by atoms with van der Waals surface area (Å²) in [6.45, 7) is 2.52. The van der Waals surface area contributed by atoms with Gasteiger partial charge in [0.2, 0.25) is 0 Å². The summed E-state index contributed by atoms with van der Waals surface area (Å²) in [5.74, 6) is 1.01. The Kier molecular flexibility index (Phi) is 5.61. The normalized spacial score (nSPS) is 30.8. The highest BCUT2D eigenvalue weighted by Crippen LogP contribution is 2.57. The van der Waals surface area contributed by atoms with E-state index in [4.69, 9.17) is 5.26 Å². The van der Waals surface area contributed by atoms with E-state index >= 15 is 0 Å². The van der Waals surface area contributed by atoms with Gasteiger partial charge in [-0.25, -0.2) is 8.78 Å². The van der Waals surface area contributed by atoms with Crippen LogP contribution in [0.5, 0.6) is 0 Å². The van der Waals surface area contributed by atoms with Gasteiger partial charge in [0.25, 0.3) is 5.91 Å². The van der Waals surface area contributed by atoms with E-state index < -0.39 is 11.6 Å². The van der Waals surface area contributed by atoms with Crippen LogP contribution in [-0.2, 0) is 4.79 Å². The molecule has 0 spiro atoms. The molecule has 1 aromatic carbocycles. The number of carbonyl (C=O) groups excluding carboxylic acids is 1. The molecule has 1 atom stereocenters. The number of hydrogen-bond donors (Lipinski definition) is 1. The SMILES string of the molecule is C[C@@H]([NH2+]CC(=O)N(CCC#N)C12CC3CC(CC(C3)C1)C2)c1ccc(F)cc1F. The number of amides is 1. The molecule has 0 saturated heterocycles. The van der Waals surface area contributed by atoms with Gasteiger partial charge in [-0.05, 0) is 75.3 Å². The number of nitrogens with two attached hydrogens (primary N) is 1. The molecule has 1 amide bonds. The van der Waals surface area contributed by atoms with Crippen LogP contribution in [0.1, 0.15) is 63.5 Å². The molecule has 6 heteroatoms. The Bertz CT molecular complexity index is 784. The summed E-state index contributed by atoms with van der Waals surface area (Å²) in [6, 6.07) is 5.50. The zero-order chi connectivity index (χ0) is 20.6. The molecule has 156 valence electrons. The van der Waals surface area contributed by atoms with Crippen LogP contribution in [-0.4, -0.2) is 29.4 Å². The molecule has 4 aliphatic rings. The van der Waals surface area contributed by atoms with Crippen LogP contribution in [0.3, 0.4) is 0 Å². The van der Waals surface area contributed by atoms with Crippen LogP contribution >= 0.6 is 0 Å². The molecular formula is C23H30F2N3O+. The zero-order valence-electron chi connectivity index (χ0n) is 17.0. The largest absolute Gasteiger partial charge is 0.332 e. The molecule has 29 heavy (non-hydrogen) atoms. The average molecular weight is 403 g/mol. The molecular weight excluding hydrogens is 372 g/mol. The van der Waals surface area contributed by atoms with Crippen LogP contribution in [0.2, 0.25) is 0 Å². The van der Waals surface area contributed by atoms with Gasteiger partial charge in [-0.2, -0.15) is 5.26 Å². The van der Waals surface area contributed by atoms with Gasteiger partial charge in [-0.1, -0.05) is 0 Å². The van der Waals surface area contributed by atoms with E-state index in [-0.39, 0.29) is 24.0 Å². The van der Waals surface area contributed by atoms with E-state index in [1.165, 1.54) is 31.4 Å². The monoisotopic (exact) mass is 402 g/mol. The van der Waals surface area contributed by atoms with Gasteiger partial charge in [0.15, 0.2) is 6.54 Å². The van der Waals surface area contributed by atoms with Gasteiger partial charge in [0.1, 0.15) is 17.7 Å². The molecule has 0 aromatic heterocycles. The molecule has 4 saturated carbocycles. The number of nitriles is 1. The van der Waals surface area contributed by atoms with Crippen molar-refractivity contribution in [1.82, 2.24) is 4.90 Å². The van der Waals surface area contributed by atoms with Gasteiger partial charge < -0.3 is 10.2 Å². The second-order valence-corrected chi connectivity index (χ2v) is 9.49. The van der Waals surface area contributed by atoms with Crippen molar-refractivity contribution in [3.8, 4) is 6.07 Å². The fraction of sp³-hybridized carbons (Fsp3) is 0.652. The van der Waals surface area contributed by atoms with Gasteiger partial charge in [0, 0.05) is 23.7 Å². The quantitative estimate of drug-likeness (QED) is 0.761. The third-order valence-electron chi connectivity index (χ3n) is 7.43. The first-order valence-corrected chi connectivity index (χ1v) is 10.9. The van der Waals surface area contributed by atoms with Crippen LogP contribution in [0.4, 0.5) is 8.78 Å². The van der Waals surface area contributed by atoms with Crippen LogP contribution in [0.15, 0.2) is 18.2 Å². The van der Waals surface area contributed by atoms with Gasteiger partial charge in [0.05, 0.1) is 12.5 Å². The second-order valence-electron chi connectivity index (χ2n) is 9.49. The molecule has 2 N–H and O–H groups in total. The topological polar surface area (TPSA) is 60.7 Å². The van der Waals surface area contributed by atoms with E-state index in [0.717, 1.165) is 43.1 Å². The minimum atomic E-state index is -0.598. The summed E-state index contributed by atoms with van der Waals surface area (Å²) in [5.41, 5.74) is 0.318. The summed E-state index contributed by atoms with van der Waals surface area (Å²) in [6.07, 6.45) is 7.44.